The van der Waals surface area contributed by atoms with E-state index in [0.717, 1.165) is 16.5 Å². The van der Waals surface area contributed by atoms with Crippen molar-refractivity contribution < 1.29 is 4.92 Å². The predicted octanol–water partition coefficient (Wildman–Crippen LogP) is 3.36. The first-order valence-electron chi connectivity index (χ1n) is 4.74. The molecule has 0 unspecified atom stereocenters. The summed E-state index contributed by atoms with van der Waals surface area (Å²) in [6.07, 6.45) is 0. The lowest BCUT2D eigenvalue weighted by Gasteiger charge is -2.05. The van der Waals surface area contributed by atoms with E-state index in [9.17, 15) is 10.1 Å². The van der Waals surface area contributed by atoms with Crippen LogP contribution < -0.4 is 0 Å². The van der Waals surface area contributed by atoms with Crippen LogP contribution in [0, 0.1) is 24.0 Å². The Morgan fingerprint density at radius 1 is 1.20 bits per heavy atom. The Balaban J connectivity index is 2.95. The van der Waals surface area contributed by atoms with Gasteiger partial charge in [-0.15, -0.1) is 0 Å². The number of hydrogen-bond donors (Lipinski definition) is 0. The van der Waals surface area contributed by atoms with Gasteiger partial charge in [0, 0.05) is 5.56 Å². The summed E-state index contributed by atoms with van der Waals surface area (Å²) in [4.78, 5) is 10.7. The van der Waals surface area contributed by atoms with E-state index in [4.69, 9.17) is 0 Å². The summed E-state index contributed by atoms with van der Waals surface area (Å²) >= 11 is 0. The van der Waals surface area contributed by atoms with Gasteiger partial charge in [0.2, 0.25) is 0 Å². The Hall–Kier alpha value is -1.90. The van der Waals surface area contributed by atoms with Gasteiger partial charge in [-0.25, -0.2) is 0 Å². The van der Waals surface area contributed by atoms with E-state index in [1.807, 2.05) is 31.2 Å². The molecule has 3 nitrogen and oxygen atoms in total. The number of benzene rings is 2. The summed E-state index contributed by atoms with van der Waals surface area (Å²) in [5.74, 6) is 0. The van der Waals surface area contributed by atoms with E-state index in [1.54, 1.807) is 13.0 Å². The highest BCUT2D eigenvalue weighted by Gasteiger charge is 2.16. The number of hydrogen-bond acceptors (Lipinski definition) is 2. The zero-order valence-corrected chi connectivity index (χ0v) is 8.65. The Morgan fingerprint density at radius 2 is 1.87 bits per heavy atom. The zero-order chi connectivity index (χ0) is 11.0. The highest BCUT2D eigenvalue weighted by molar-refractivity contribution is 5.93. The average molecular weight is 201 g/mol. The molecule has 2 aromatic rings. The van der Waals surface area contributed by atoms with Crippen molar-refractivity contribution in [1.29, 1.82) is 0 Å². The maximum atomic E-state index is 11.0. The molecule has 0 aliphatic rings. The van der Waals surface area contributed by atoms with Gasteiger partial charge in [-0.05, 0) is 30.9 Å². The van der Waals surface area contributed by atoms with Crippen LogP contribution in [0.3, 0.4) is 0 Å². The summed E-state index contributed by atoms with van der Waals surface area (Å²) < 4.78 is 0. The molecule has 0 aliphatic heterocycles. The second kappa shape index (κ2) is 3.35. The fraction of sp³-hybridized carbons (Fsp3) is 0.167. The molecule has 3 heteroatoms. The second-order valence-corrected chi connectivity index (χ2v) is 3.65. The monoisotopic (exact) mass is 201 g/mol. The normalized spacial score (nSPS) is 10.5. The van der Waals surface area contributed by atoms with Gasteiger partial charge >= 0.3 is 0 Å². The van der Waals surface area contributed by atoms with E-state index >= 15 is 0 Å². The Morgan fingerprint density at radius 3 is 2.53 bits per heavy atom. The molecule has 0 bridgehead atoms. The first-order valence-corrected chi connectivity index (χ1v) is 4.74. The van der Waals surface area contributed by atoms with Crippen LogP contribution in [0.2, 0.25) is 0 Å². The minimum Gasteiger partial charge on any atom is -0.258 e. The third-order valence-electron chi connectivity index (χ3n) is 2.72. The van der Waals surface area contributed by atoms with Gasteiger partial charge in [0.1, 0.15) is 0 Å². The molecule has 0 heterocycles. The standard InChI is InChI=1S/C12H11NO2/c1-8-7-10-5-3-4-6-11(10)12(9(8)2)13(14)15/h3-7H,1-2H3. The van der Waals surface area contributed by atoms with Gasteiger partial charge in [0.15, 0.2) is 0 Å². The lowest BCUT2D eigenvalue weighted by Crippen LogP contribution is -1.95. The van der Waals surface area contributed by atoms with Crippen LogP contribution in [0.4, 0.5) is 5.69 Å². The minimum absolute atomic E-state index is 0.227. The molecule has 0 aromatic heterocycles. The number of nitrogens with zero attached hydrogens (tertiary/aromatic N) is 1. The maximum absolute atomic E-state index is 11.0. The second-order valence-electron chi connectivity index (χ2n) is 3.65. The van der Waals surface area contributed by atoms with E-state index in [2.05, 4.69) is 0 Å². The van der Waals surface area contributed by atoms with Crippen molar-refractivity contribution in [2.75, 3.05) is 0 Å². The van der Waals surface area contributed by atoms with Crippen molar-refractivity contribution in [2.24, 2.45) is 0 Å². The summed E-state index contributed by atoms with van der Waals surface area (Å²) in [6.45, 7) is 3.69. The molecule has 0 fully saturated rings. The molecular weight excluding hydrogens is 190 g/mol. The summed E-state index contributed by atoms with van der Waals surface area (Å²) in [7, 11) is 0. The first-order chi connectivity index (χ1) is 7.11. The van der Waals surface area contributed by atoms with Crippen LogP contribution in [-0.4, -0.2) is 4.92 Å². The van der Waals surface area contributed by atoms with E-state index < -0.39 is 0 Å². The topological polar surface area (TPSA) is 43.1 Å². The molecule has 0 saturated heterocycles. The zero-order valence-electron chi connectivity index (χ0n) is 8.65. The molecule has 2 aromatic carbocycles. The Kier molecular flexibility index (Phi) is 2.15. The third-order valence-corrected chi connectivity index (χ3v) is 2.72. The molecule has 76 valence electrons. The molecule has 15 heavy (non-hydrogen) atoms. The van der Waals surface area contributed by atoms with Crippen LogP contribution in [0.15, 0.2) is 30.3 Å². The van der Waals surface area contributed by atoms with Gasteiger partial charge in [0.05, 0.1) is 10.3 Å². The molecule has 0 aliphatic carbocycles. The number of aryl methyl sites for hydroxylation is 1. The van der Waals surface area contributed by atoms with Crippen LogP contribution in [0.1, 0.15) is 11.1 Å². The van der Waals surface area contributed by atoms with E-state index in [1.165, 1.54) is 0 Å². The van der Waals surface area contributed by atoms with Gasteiger partial charge in [-0.2, -0.15) is 0 Å². The molecule has 2 rings (SSSR count). The number of fused-ring (bicyclic) bond motifs is 1. The fourth-order valence-electron chi connectivity index (χ4n) is 1.80. The maximum Gasteiger partial charge on any atom is 0.280 e. The minimum atomic E-state index is -0.301. The van der Waals surface area contributed by atoms with Crippen molar-refractivity contribution >= 4 is 16.5 Å². The van der Waals surface area contributed by atoms with Crippen LogP contribution in [0.25, 0.3) is 10.8 Å². The van der Waals surface area contributed by atoms with Crippen molar-refractivity contribution in [3.8, 4) is 0 Å². The summed E-state index contributed by atoms with van der Waals surface area (Å²) in [5, 5.41) is 12.6. The number of rotatable bonds is 1. The summed E-state index contributed by atoms with van der Waals surface area (Å²) in [6, 6.07) is 9.39. The smallest absolute Gasteiger partial charge is 0.258 e. The highest BCUT2D eigenvalue weighted by Crippen LogP contribution is 2.31. The van der Waals surface area contributed by atoms with Gasteiger partial charge in [-0.1, -0.05) is 24.3 Å². The quantitative estimate of drug-likeness (QED) is 0.524. The molecular formula is C12H11NO2. The predicted molar refractivity (Wildman–Crippen MR) is 60.1 cm³/mol. The molecule has 0 atom stereocenters. The lowest BCUT2D eigenvalue weighted by molar-refractivity contribution is -0.383. The molecule has 0 saturated carbocycles. The SMILES string of the molecule is Cc1cc2ccccc2c([N+](=O)[O-])c1C. The Bertz CT molecular complexity index is 547. The molecule has 0 amide bonds. The van der Waals surface area contributed by atoms with Gasteiger partial charge in [0.25, 0.3) is 5.69 Å². The van der Waals surface area contributed by atoms with E-state index in [-0.39, 0.29) is 10.6 Å². The average Bonchev–Trinajstić information content (AvgIpc) is 2.19. The largest absolute Gasteiger partial charge is 0.280 e. The lowest BCUT2D eigenvalue weighted by atomic mass is 10.0. The van der Waals surface area contributed by atoms with Gasteiger partial charge in [-0.3, -0.25) is 10.1 Å². The van der Waals surface area contributed by atoms with Gasteiger partial charge < -0.3 is 0 Å². The Labute approximate surface area is 87.5 Å². The summed E-state index contributed by atoms with van der Waals surface area (Å²) in [5.41, 5.74) is 1.93. The van der Waals surface area contributed by atoms with Crippen molar-refractivity contribution in [3.63, 3.8) is 0 Å². The molecule has 0 N–H and O–H groups in total. The molecule has 0 radical (unpaired) electrons. The number of nitro groups is 1. The highest BCUT2D eigenvalue weighted by atomic mass is 16.6. The van der Waals surface area contributed by atoms with Crippen molar-refractivity contribution in [1.82, 2.24) is 0 Å². The van der Waals surface area contributed by atoms with Crippen molar-refractivity contribution in [3.05, 3.63) is 51.6 Å². The fourth-order valence-corrected chi connectivity index (χ4v) is 1.80. The third kappa shape index (κ3) is 1.46. The van der Waals surface area contributed by atoms with Crippen LogP contribution in [-0.2, 0) is 0 Å². The molecule has 0 spiro atoms. The van der Waals surface area contributed by atoms with Crippen molar-refractivity contribution in [2.45, 2.75) is 13.8 Å². The van der Waals surface area contributed by atoms with Crippen LogP contribution >= 0.6 is 0 Å². The van der Waals surface area contributed by atoms with Crippen LogP contribution in [0.5, 0.6) is 0 Å². The van der Waals surface area contributed by atoms with E-state index in [0.29, 0.717) is 5.39 Å². The first kappa shape index (κ1) is 9.65. The number of nitro benzene ring substituents is 1.